The van der Waals surface area contributed by atoms with Gasteiger partial charge in [-0.2, -0.15) is 0 Å². The molecule has 0 radical (unpaired) electrons. The molecule has 0 unspecified atom stereocenters. The van der Waals surface area contributed by atoms with Crippen molar-refractivity contribution in [1.82, 2.24) is 9.97 Å². The van der Waals surface area contributed by atoms with Crippen LogP contribution in [0.25, 0.3) is 11.1 Å². The molecule has 0 amide bonds. The van der Waals surface area contributed by atoms with Gasteiger partial charge < -0.3 is 4.74 Å². The van der Waals surface area contributed by atoms with E-state index in [2.05, 4.69) is 23.8 Å². The average Bonchev–Trinajstić information content (AvgIpc) is 2.80. The van der Waals surface area contributed by atoms with E-state index in [0.29, 0.717) is 18.5 Å². The maximum Gasteiger partial charge on any atom is 0.316 e. The number of benzene rings is 1. The van der Waals surface area contributed by atoms with Gasteiger partial charge in [0.1, 0.15) is 5.82 Å². The summed E-state index contributed by atoms with van der Waals surface area (Å²) in [4.78, 5) is 8.72. The minimum Gasteiger partial charge on any atom is -0.463 e. The third kappa shape index (κ3) is 7.59. The summed E-state index contributed by atoms with van der Waals surface area (Å²) < 4.78 is 20.3. The van der Waals surface area contributed by atoms with Crippen molar-refractivity contribution in [3.8, 4) is 17.1 Å². The van der Waals surface area contributed by atoms with Gasteiger partial charge >= 0.3 is 6.01 Å². The van der Waals surface area contributed by atoms with Crippen molar-refractivity contribution in [2.75, 3.05) is 6.61 Å². The fourth-order valence-electron chi connectivity index (χ4n) is 4.60. The van der Waals surface area contributed by atoms with Gasteiger partial charge in [0, 0.05) is 18.0 Å². The van der Waals surface area contributed by atoms with Crippen molar-refractivity contribution in [2.24, 2.45) is 11.8 Å². The first-order valence-corrected chi connectivity index (χ1v) is 12.4. The average molecular weight is 427 g/mol. The molecule has 31 heavy (non-hydrogen) atoms. The van der Waals surface area contributed by atoms with Crippen LogP contribution in [-0.2, 0) is 6.42 Å². The lowest BCUT2D eigenvalue weighted by atomic mass is 9.80. The third-order valence-corrected chi connectivity index (χ3v) is 6.69. The lowest BCUT2D eigenvalue weighted by Crippen LogP contribution is -2.20. The summed E-state index contributed by atoms with van der Waals surface area (Å²) in [5.41, 5.74) is 2.42. The Kier molecular flexibility index (Phi) is 9.77. The van der Waals surface area contributed by atoms with Crippen LogP contribution < -0.4 is 4.74 Å². The SMILES string of the molecule is CCCCCc1ccc(-c2cnc(OCC3CCC(CCCCC)CC3)nc2)cc1F. The predicted molar refractivity (Wildman–Crippen MR) is 126 cm³/mol. The Morgan fingerprint density at radius 3 is 2.23 bits per heavy atom. The van der Waals surface area contributed by atoms with Crippen molar-refractivity contribution >= 4 is 0 Å². The van der Waals surface area contributed by atoms with Crippen LogP contribution in [0.15, 0.2) is 30.6 Å². The lowest BCUT2D eigenvalue weighted by molar-refractivity contribution is 0.169. The van der Waals surface area contributed by atoms with Gasteiger partial charge in [0.15, 0.2) is 0 Å². The fourth-order valence-corrected chi connectivity index (χ4v) is 4.60. The van der Waals surface area contributed by atoms with Gasteiger partial charge in [-0.15, -0.1) is 0 Å². The van der Waals surface area contributed by atoms with Gasteiger partial charge in [-0.3, -0.25) is 0 Å². The maximum atomic E-state index is 14.4. The van der Waals surface area contributed by atoms with Gasteiger partial charge in [0.2, 0.25) is 0 Å². The zero-order valence-electron chi connectivity index (χ0n) is 19.4. The maximum absolute atomic E-state index is 14.4. The summed E-state index contributed by atoms with van der Waals surface area (Å²) in [7, 11) is 0. The first-order valence-electron chi connectivity index (χ1n) is 12.4. The molecular weight excluding hydrogens is 387 g/mol. The number of unbranched alkanes of at least 4 members (excludes halogenated alkanes) is 4. The molecule has 1 heterocycles. The second-order valence-electron chi connectivity index (χ2n) is 9.21. The quantitative estimate of drug-likeness (QED) is 0.325. The molecule has 0 spiro atoms. The van der Waals surface area contributed by atoms with Crippen LogP contribution in [0.1, 0.15) is 90.0 Å². The van der Waals surface area contributed by atoms with E-state index in [0.717, 1.165) is 48.3 Å². The molecule has 1 aromatic heterocycles. The van der Waals surface area contributed by atoms with E-state index in [4.69, 9.17) is 4.74 Å². The molecule has 0 N–H and O–H groups in total. The van der Waals surface area contributed by atoms with Gasteiger partial charge in [-0.25, -0.2) is 14.4 Å². The molecular formula is C27H39FN2O. The van der Waals surface area contributed by atoms with Crippen LogP contribution in [0.3, 0.4) is 0 Å². The van der Waals surface area contributed by atoms with E-state index in [1.165, 1.54) is 51.4 Å². The largest absolute Gasteiger partial charge is 0.463 e. The van der Waals surface area contributed by atoms with Crippen LogP contribution in [0.5, 0.6) is 6.01 Å². The van der Waals surface area contributed by atoms with Crippen molar-refractivity contribution in [2.45, 2.75) is 90.9 Å². The topological polar surface area (TPSA) is 35.0 Å². The Labute approximate surface area is 187 Å². The number of aromatic nitrogens is 2. The molecule has 1 saturated carbocycles. The van der Waals surface area contributed by atoms with Crippen molar-refractivity contribution in [1.29, 1.82) is 0 Å². The Morgan fingerprint density at radius 2 is 1.55 bits per heavy atom. The van der Waals surface area contributed by atoms with E-state index < -0.39 is 0 Å². The summed E-state index contributed by atoms with van der Waals surface area (Å²) in [5.74, 6) is 1.39. The van der Waals surface area contributed by atoms with E-state index in [1.807, 2.05) is 12.1 Å². The number of rotatable bonds is 12. The van der Waals surface area contributed by atoms with E-state index >= 15 is 0 Å². The highest BCUT2D eigenvalue weighted by Crippen LogP contribution is 2.32. The van der Waals surface area contributed by atoms with Gasteiger partial charge in [-0.05, 0) is 54.7 Å². The first-order chi connectivity index (χ1) is 15.2. The summed E-state index contributed by atoms with van der Waals surface area (Å²) >= 11 is 0. The summed E-state index contributed by atoms with van der Waals surface area (Å²) in [6, 6.07) is 5.87. The Bertz CT molecular complexity index is 769. The molecule has 1 aliphatic rings. The van der Waals surface area contributed by atoms with Crippen molar-refractivity contribution in [3.63, 3.8) is 0 Å². The van der Waals surface area contributed by atoms with E-state index in [9.17, 15) is 4.39 Å². The molecule has 1 aliphatic carbocycles. The van der Waals surface area contributed by atoms with Crippen LogP contribution in [0.2, 0.25) is 0 Å². The summed E-state index contributed by atoms with van der Waals surface area (Å²) in [5, 5.41) is 0. The zero-order chi connectivity index (χ0) is 21.9. The number of halogens is 1. The van der Waals surface area contributed by atoms with Crippen LogP contribution in [0.4, 0.5) is 4.39 Å². The van der Waals surface area contributed by atoms with Gasteiger partial charge in [0.05, 0.1) is 6.61 Å². The van der Waals surface area contributed by atoms with E-state index in [1.54, 1.807) is 18.5 Å². The third-order valence-electron chi connectivity index (χ3n) is 6.69. The summed E-state index contributed by atoms with van der Waals surface area (Å²) in [6.45, 7) is 5.13. The molecule has 0 bridgehead atoms. The number of aryl methyl sites for hydroxylation is 1. The van der Waals surface area contributed by atoms with Crippen LogP contribution in [-0.4, -0.2) is 16.6 Å². The molecule has 170 valence electrons. The van der Waals surface area contributed by atoms with Crippen LogP contribution in [0, 0.1) is 17.7 Å². The lowest BCUT2D eigenvalue weighted by Gasteiger charge is -2.28. The highest BCUT2D eigenvalue weighted by atomic mass is 19.1. The highest BCUT2D eigenvalue weighted by molar-refractivity contribution is 5.62. The Morgan fingerprint density at radius 1 is 0.871 bits per heavy atom. The zero-order valence-corrected chi connectivity index (χ0v) is 19.4. The second-order valence-corrected chi connectivity index (χ2v) is 9.21. The standard InChI is InChI=1S/C27H39FN2O/c1-3-5-7-9-21-11-13-22(14-12-21)20-31-27-29-18-25(19-30-27)24-16-15-23(26(28)17-24)10-8-6-4-2/h15-19,21-22H,3-14,20H2,1-2H3. The minimum atomic E-state index is -0.140. The van der Waals surface area contributed by atoms with Crippen LogP contribution >= 0.6 is 0 Å². The molecule has 1 fully saturated rings. The number of ether oxygens (including phenoxy) is 1. The highest BCUT2D eigenvalue weighted by Gasteiger charge is 2.21. The monoisotopic (exact) mass is 426 g/mol. The second kappa shape index (κ2) is 12.8. The molecule has 4 heteroatoms. The Hall–Kier alpha value is -1.97. The minimum absolute atomic E-state index is 0.140. The molecule has 2 aromatic rings. The smallest absolute Gasteiger partial charge is 0.316 e. The van der Waals surface area contributed by atoms with Gasteiger partial charge in [-0.1, -0.05) is 77.3 Å². The summed E-state index contributed by atoms with van der Waals surface area (Å²) in [6.07, 6.45) is 18.2. The molecule has 1 aromatic carbocycles. The van der Waals surface area contributed by atoms with Crippen molar-refractivity contribution < 1.29 is 9.13 Å². The molecule has 3 rings (SSSR count). The fraction of sp³-hybridized carbons (Fsp3) is 0.630. The number of hydrogen-bond acceptors (Lipinski definition) is 3. The number of nitrogens with zero attached hydrogens (tertiary/aromatic N) is 2. The Balaban J connectivity index is 1.45. The molecule has 0 saturated heterocycles. The first kappa shape index (κ1) is 23.7. The molecule has 0 aliphatic heterocycles. The van der Waals surface area contributed by atoms with Crippen molar-refractivity contribution in [3.05, 3.63) is 42.0 Å². The normalized spacial score (nSPS) is 18.8. The predicted octanol–water partition coefficient (Wildman–Crippen LogP) is 7.78. The number of hydrogen-bond donors (Lipinski definition) is 0. The van der Waals surface area contributed by atoms with E-state index in [-0.39, 0.29) is 5.82 Å². The molecule has 3 nitrogen and oxygen atoms in total. The molecule has 0 atom stereocenters. The van der Waals surface area contributed by atoms with Gasteiger partial charge in [0.25, 0.3) is 0 Å².